The Labute approximate surface area is 183 Å². The summed E-state index contributed by atoms with van der Waals surface area (Å²) in [7, 11) is 0. The lowest BCUT2D eigenvalue weighted by Gasteiger charge is -2.40. The topological polar surface area (TPSA) is 95.1 Å². The number of thioether (sulfide) groups is 1. The normalized spacial score (nSPS) is 26.9. The number of benzene rings is 2. The lowest BCUT2D eigenvalue weighted by atomic mass is 9.98. The lowest BCUT2D eigenvalue weighted by molar-refractivity contribution is -0.250. The van der Waals surface area contributed by atoms with Crippen LogP contribution in [0.1, 0.15) is 17.4 Å². The van der Waals surface area contributed by atoms with Crippen molar-refractivity contribution in [1.82, 2.24) is 4.57 Å². The van der Waals surface area contributed by atoms with Crippen LogP contribution >= 0.6 is 23.4 Å². The molecule has 4 N–H and O–H groups in total. The summed E-state index contributed by atoms with van der Waals surface area (Å²) in [6, 6.07) is 13.8. The minimum Gasteiger partial charge on any atom is -0.394 e. The number of aromatic nitrogens is 1. The number of halogens is 1. The Morgan fingerprint density at radius 1 is 1.03 bits per heavy atom. The van der Waals surface area contributed by atoms with Crippen molar-refractivity contribution in [3.8, 4) is 0 Å². The summed E-state index contributed by atoms with van der Waals surface area (Å²) in [4.78, 5) is 1.18. The van der Waals surface area contributed by atoms with E-state index in [9.17, 15) is 20.4 Å². The Bertz CT molecular complexity index is 1020. The summed E-state index contributed by atoms with van der Waals surface area (Å²) < 4.78 is 7.48. The molecule has 0 radical (unpaired) electrons. The van der Waals surface area contributed by atoms with Gasteiger partial charge in [0.1, 0.15) is 24.4 Å². The fourth-order valence-corrected chi connectivity index (χ4v) is 4.67. The van der Waals surface area contributed by atoms with Crippen LogP contribution in [0.2, 0.25) is 5.02 Å². The van der Waals surface area contributed by atoms with Crippen LogP contribution in [0, 0.1) is 0 Å². The Morgan fingerprint density at radius 3 is 2.43 bits per heavy atom. The molecule has 1 aliphatic rings. The largest absolute Gasteiger partial charge is 0.394 e. The summed E-state index contributed by atoms with van der Waals surface area (Å²) in [6.07, 6.45) is -1.66. The van der Waals surface area contributed by atoms with Gasteiger partial charge in [-0.2, -0.15) is 0 Å². The molecule has 1 aliphatic heterocycles. The molecule has 2 heterocycles. The first-order chi connectivity index (χ1) is 14.4. The molecule has 0 bridgehead atoms. The molecule has 1 aromatic heterocycles. The fourth-order valence-electron chi connectivity index (χ4n) is 3.97. The van der Waals surface area contributed by atoms with Crippen LogP contribution in [0.15, 0.2) is 53.6 Å². The molecule has 6 nitrogen and oxygen atoms in total. The van der Waals surface area contributed by atoms with Crippen molar-refractivity contribution < 1.29 is 25.2 Å². The zero-order valence-electron chi connectivity index (χ0n) is 16.4. The highest BCUT2D eigenvalue weighted by molar-refractivity contribution is 7.98. The summed E-state index contributed by atoms with van der Waals surface area (Å²) >= 11 is 8.20. The molecule has 3 aromatic rings. The van der Waals surface area contributed by atoms with E-state index < -0.39 is 37.3 Å². The summed E-state index contributed by atoms with van der Waals surface area (Å²) in [5.41, 5.74) is 2.80. The van der Waals surface area contributed by atoms with E-state index in [4.69, 9.17) is 16.3 Å². The molecule has 160 valence electrons. The van der Waals surface area contributed by atoms with Gasteiger partial charge in [-0.3, -0.25) is 0 Å². The standard InChI is InChI=1S/C22H24ClNO5S/c1-30-14-7-5-12(6-8-14)9-13-10-24(16-4-2-3-15(23)18(13)16)22-21(28)20(27)19(26)17(11-25)29-22/h2-8,10,17,19-22,25-28H,9,11H2,1H3/t17-,19-,20+,21-,22-/m1/s1. The maximum atomic E-state index is 10.6. The van der Waals surface area contributed by atoms with Gasteiger partial charge in [-0.1, -0.05) is 29.8 Å². The Balaban J connectivity index is 1.76. The second-order valence-electron chi connectivity index (χ2n) is 7.44. The van der Waals surface area contributed by atoms with Crippen LogP contribution in [0.5, 0.6) is 0 Å². The quantitative estimate of drug-likeness (QED) is 0.447. The number of nitrogens with zero attached hydrogens (tertiary/aromatic N) is 1. The van der Waals surface area contributed by atoms with Crippen LogP contribution in [0.25, 0.3) is 10.9 Å². The Hall–Kier alpha value is -1.58. The van der Waals surface area contributed by atoms with Crippen LogP contribution in [-0.4, -0.2) is 62.3 Å². The van der Waals surface area contributed by atoms with Gasteiger partial charge in [-0.15, -0.1) is 11.8 Å². The van der Waals surface area contributed by atoms with E-state index in [1.165, 1.54) is 4.90 Å². The van der Waals surface area contributed by atoms with E-state index in [-0.39, 0.29) is 0 Å². The average Bonchev–Trinajstić information content (AvgIpc) is 3.12. The van der Waals surface area contributed by atoms with Crippen molar-refractivity contribution in [2.45, 2.75) is 42.0 Å². The van der Waals surface area contributed by atoms with Crippen molar-refractivity contribution >= 4 is 34.3 Å². The van der Waals surface area contributed by atoms with Crippen molar-refractivity contribution in [3.05, 3.63) is 64.8 Å². The third-order valence-corrected chi connectivity index (χ3v) is 6.64. The van der Waals surface area contributed by atoms with Gasteiger partial charge in [0.25, 0.3) is 0 Å². The van der Waals surface area contributed by atoms with Gasteiger partial charge < -0.3 is 29.7 Å². The monoisotopic (exact) mass is 449 g/mol. The van der Waals surface area contributed by atoms with E-state index in [0.717, 1.165) is 22.0 Å². The van der Waals surface area contributed by atoms with Crippen LogP contribution in [0.4, 0.5) is 0 Å². The molecule has 1 fully saturated rings. The van der Waals surface area contributed by atoms with E-state index in [1.54, 1.807) is 16.3 Å². The van der Waals surface area contributed by atoms with E-state index >= 15 is 0 Å². The molecule has 0 spiro atoms. The molecule has 2 aromatic carbocycles. The number of fused-ring (bicyclic) bond motifs is 1. The van der Waals surface area contributed by atoms with Gasteiger partial charge in [0, 0.05) is 16.5 Å². The van der Waals surface area contributed by atoms with Gasteiger partial charge >= 0.3 is 0 Å². The highest BCUT2D eigenvalue weighted by atomic mass is 35.5. The highest BCUT2D eigenvalue weighted by Gasteiger charge is 2.44. The number of rotatable bonds is 5. The average molecular weight is 450 g/mol. The van der Waals surface area contributed by atoms with Crippen LogP contribution in [-0.2, 0) is 11.2 Å². The number of hydrogen-bond donors (Lipinski definition) is 4. The third-order valence-electron chi connectivity index (χ3n) is 5.58. The van der Waals surface area contributed by atoms with Gasteiger partial charge in [0.2, 0.25) is 0 Å². The van der Waals surface area contributed by atoms with E-state index in [0.29, 0.717) is 11.4 Å². The smallest absolute Gasteiger partial charge is 0.163 e. The second-order valence-corrected chi connectivity index (χ2v) is 8.73. The SMILES string of the molecule is CSc1ccc(Cc2cn([C@@H]3O[C@H](CO)[C@@H](O)[C@H](O)[C@H]3O)c3cccc(Cl)c23)cc1. The van der Waals surface area contributed by atoms with Crippen LogP contribution < -0.4 is 0 Å². The number of hydrogen-bond acceptors (Lipinski definition) is 6. The molecule has 0 saturated carbocycles. The van der Waals surface area contributed by atoms with Crippen molar-refractivity contribution in [2.75, 3.05) is 12.9 Å². The first kappa shape index (κ1) is 21.6. The summed E-state index contributed by atoms with van der Waals surface area (Å²) in [6.45, 7) is -0.476. The molecule has 1 saturated heterocycles. The second kappa shape index (κ2) is 8.88. The Morgan fingerprint density at radius 2 is 1.77 bits per heavy atom. The fraction of sp³-hybridized carbons (Fsp3) is 0.364. The molecule has 0 aliphatic carbocycles. The molecule has 0 amide bonds. The van der Waals surface area contributed by atoms with Gasteiger partial charge in [0.05, 0.1) is 17.1 Å². The van der Waals surface area contributed by atoms with E-state index in [2.05, 4.69) is 24.3 Å². The zero-order chi connectivity index (χ0) is 21.4. The first-order valence-corrected chi connectivity index (χ1v) is 11.3. The third kappa shape index (κ3) is 3.87. The summed E-state index contributed by atoms with van der Waals surface area (Å²) in [5.74, 6) is 0. The number of ether oxygens (including phenoxy) is 1. The number of aliphatic hydroxyl groups is 4. The van der Waals surface area contributed by atoms with Gasteiger partial charge in [-0.25, -0.2) is 0 Å². The first-order valence-electron chi connectivity index (χ1n) is 9.66. The van der Waals surface area contributed by atoms with Crippen molar-refractivity contribution in [3.63, 3.8) is 0 Å². The molecule has 4 rings (SSSR count). The maximum Gasteiger partial charge on any atom is 0.163 e. The van der Waals surface area contributed by atoms with Gasteiger partial charge in [-0.05, 0) is 48.1 Å². The minimum absolute atomic E-state index is 0.476. The molecular formula is C22H24ClNO5S. The van der Waals surface area contributed by atoms with Gasteiger partial charge in [0.15, 0.2) is 6.23 Å². The predicted molar refractivity (Wildman–Crippen MR) is 117 cm³/mol. The van der Waals surface area contributed by atoms with Crippen LogP contribution in [0.3, 0.4) is 0 Å². The Kier molecular flexibility index (Phi) is 6.41. The molecule has 8 heteroatoms. The van der Waals surface area contributed by atoms with Crippen molar-refractivity contribution in [1.29, 1.82) is 0 Å². The minimum atomic E-state index is -1.44. The summed E-state index contributed by atoms with van der Waals surface area (Å²) in [5, 5.41) is 41.8. The number of aliphatic hydroxyl groups excluding tert-OH is 4. The maximum absolute atomic E-state index is 10.6. The molecule has 0 unspecified atom stereocenters. The van der Waals surface area contributed by atoms with E-state index in [1.807, 2.05) is 30.7 Å². The van der Waals surface area contributed by atoms with Crippen molar-refractivity contribution in [2.24, 2.45) is 0 Å². The highest BCUT2D eigenvalue weighted by Crippen LogP contribution is 2.36. The molecule has 5 atom stereocenters. The lowest BCUT2D eigenvalue weighted by Crippen LogP contribution is -2.56. The predicted octanol–water partition coefficient (Wildman–Crippen LogP) is 2.58. The zero-order valence-corrected chi connectivity index (χ0v) is 17.9. The molecule has 30 heavy (non-hydrogen) atoms. The molecular weight excluding hydrogens is 426 g/mol.